The van der Waals surface area contributed by atoms with Gasteiger partial charge in [-0.1, -0.05) is 24.0 Å². The smallest absolute Gasteiger partial charge is 0.166 e. The van der Waals surface area contributed by atoms with Gasteiger partial charge >= 0.3 is 0 Å². The number of benzene rings is 1. The zero-order valence-electron chi connectivity index (χ0n) is 20.0. The molecule has 0 aliphatic carbocycles. The molecule has 0 amide bonds. The highest BCUT2D eigenvalue weighted by molar-refractivity contribution is 5.65. The number of nitrogen functional groups attached to an aromatic ring is 1. The SMILES string of the molecule is CN1CCC(n2cc(-c3cnc(N)c(OCc4cccc(C#CC(C)(C)C)c4)c3)cn2)CC1. The molecular weight excluding hydrogens is 410 g/mol. The highest BCUT2D eigenvalue weighted by Gasteiger charge is 2.19. The lowest BCUT2D eigenvalue weighted by atomic mass is 9.97. The minimum atomic E-state index is -0.0335. The van der Waals surface area contributed by atoms with Crippen LogP contribution >= 0.6 is 0 Å². The van der Waals surface area contributed by atoms with Gasteiger partial charge in [-0.3, -0.25) is 4.68 Å². The van der Waals surface area contributed by atoms with Gasteiger partial charge in [0.15, 0.2) is 11.6 Å². The van der Waals surface area contributed by atoms with Gasteiger partial charge in [0.2, 0.25) is 0 Å². The zero-order chi connectivity index (χ0) is 23.4. The lowest BCUT2D eigenvalue weighted by Gasteiger charge is -2.28. The summed E-state index contributed by atoms with van der Waals surface area (Å²) in [6.45, 7) is 8.91. The molecule has 6 nitrogen and oxygen atoms in total. The Morgan fingerprint density at radius 1 is 1.12 bits per heavy atom. The first-order valence-corrected chi connectivity index (χ1v) is 11.5. The number of aromatic nitrogens is 3. The second-order valence-corrected chi connectivity index (χ2v) is 9.84. The van der Waals surface area contributed by atoms with Crippen LogP contribution in [0.5, 0.6) is 5.75 Å². The van der Waals surface area contributed by atoms with E-state index in [9.17, 15) is 0 Å². The average molecular weight is 444 g/mol. The van der Waals surface area contributed by atoms with E-state index in [1.165, 1.54) is 0 Å². The number of ether oxygens (including phenoxy) is 1. The van der Waals surface area contributed by atoms with Gasteiger partial charge in [0.25, 0.3) is 0 Å². The number of nitrogens with two attached hydrogens (primary N) is 1. The summed E-state index contributed by atoms with van der Waals surface area (Å²) in [5, 5.41) is 4.62. The van der Waals surface area contributed by atoms with E-state index in [1.807, 2.05) is 30.5 Å². The van der Waals surface area contributed by atoms with Crippen LogP contribution in [-0.2, 0) is 6.61 Å². The molecule has 0 spiro atoms. The van der Waals surface area contributed by atoms with Gasteiger partial charge in [0.05, 0.1) is 12.2 Å². The number of piperidine rings is 1. The largest absolute Gasteiger partial charge is 0.485 e. The van der Waals surface area contributed by atoms with Crippen LogP contribution in [-0.4, -0.2) is 39.8 Å². The summed E-state index contributed by atoms with van der Waals surface area (Å²) in [4.78, 5) is 6.72. The normalized spacial score (nSPS) is 15.2. The quantitative estimate of drug-likeness (QED) is 0.575. The van der Waals surface area contributed by atoms with Gasteiger partial charge in [-0.15, -0.1) is 0 Å². The minimum absolute atomic E-state index is 0.0335. The van der Waals surface area contributed by atoms with Crippen molar-refractivity contribution >= 4 is 5.82 Å². The first-order valence-electron chi connectivity index (χ1n) is 11.5. The van der Waals surface area contributed by atoms with Crippen molar-refractivity contribution in [1.29, 1.82) is 0 Å². The molecule has 3 heterocycles. The Balaban J connectivity index is 1.46. The topological polar surface area (TPSA) is 69.2 Å². The van der Waals surface area contributed by atoms with Crippen molar-refractivity contribution in [3.05, 3.63) is 60.0 Å². The lowest BCUT2D eigenvalue weighted by molar-refractivity contribution is 0.212. The summed E-state index contributed by atoms with van der Waals surface area (Å²) in [5.74, 6) is 7.47. The second kappa shape index (κ2) is 9.68. The van der Waals surface area contributed by atoms with Gasteiger partial charge in [-0.25, -0.2) is 4.98 Å². The van der Waals surface area contributed by atoms with E-state index in [0.29, 0.717) is 24.2 Å². The Hall–Kier alpha value is -3.30. The number of hydrogen-bond acceptors (Lipinski definition) is 5. The Bertz CT molecular complexity index is 1160. The first-order chi connectivity index (χ1) is 15.8. The van der Waals surface area contributed by atoms with E-state index in [1.54, 1.807) is 6.20 Å². The van der Waals surface area contributed by atoms with E-state index >= 15 is 0 Å². The standard InChI is InChI=1S/C27H33N5O/c1-27(2,3)11-8-20-6-5-7-21(14-20)19-33-25-15-22(16-29-26(25)28)23-17-30-32(18-23)24-9-12-31(4)13-10-24/h5-7,14-18,24H,9-10,12-13,19H2,1-4H3,(H2,28,29). The molecule has 33 heavy (non-hydrogen) atoms. The number of likely N-dealkylation sites (tertiary alicyclic amines) is 1. The first kappa shape index (κ1) is 22.9. The summed E-state index contributed by atoms with van der Waals surface area (Å²) in [6, 6.07) is 10.5. The number of pyridine rings is 1. The maximum absolute atomic E-state index is 6.11. The second-order valence-electron chi connectivity index (χ2n) is 9.84. The Labute approximate surface area is 196 Å². The van der Waals surface area contributed by atoms with E-state index in [2.05, 4.69) is 71.6 Å². The molecular formula is C27H33N5O. The molecule has 0 saturated carbocycles. The maximum Gasteiger partial charge on any atom is 0.166 e. The Kier molecular flexibility index (Phi) is 6.71. The average Bonchev–Trinajstić information content (AvgIpc) is 3.28. The number of rotatable bonds is 5. The van der Waals surface area contributed by atoms with E-state index < -0.39 is 0 Å². The van der Waals surface area contributed by atoms with Gasteiger partial charge in [-0.2, -0.15) is 5.10 Å². The van der Waals surface area contributed by atoms with Crippen molar-refractivity contribution in [3.63, 3.8) is 0 Å². The summed E-state index contributed by atoms with van der Waals surface area (Å²) < 4.78 is 8.14. The van der Waals surface area contributed by atoms with Gasteiger partial charge < -0.3 is 15.4 Å². The molecule has 4 rings (SSSR count). The predicted octanol–water partition coefficient (Wildman–Crippen LogP) is 4.77. The van der Waals surface area contributed by atoms with E-state index in [4.69, 9.17) is 10.5 Å². The van der Waals surface area contributed by atoms with Crippen LogP contribution in [0.25, 0.3) is 11.1 Å². The van der Waals surface area contributed by atoms with Gasteiger partial charge in [0, 0.05) is 34.5 Å². The zero-order valence-corrected chi connectivity index (χ0v) is 20.0. The van der Waals surface area contributed by atoms with Crippen LogP contribution in [0.2, 0.25) is 0 Å². The molecule has 0 radical (unpaired) electrons. The number of hydrogen-bond donors (Lipinski definition) is 1. The van der Waals surface area contributed by atoms with E-state index in [0.717, 1.165) is 48.2 Å². The molecule has 1 aliphatic rings. The van der Waals surface area contributed by atoms with Gasteiger partial charge in [-0.05, 0) is 77.5 Å². The third-order valence-corrected chi connectivity index (χ3v) is 5.78. The molecule has 2 aromatic heterocycles. The Morgan fingerprint density at radius 3 is 2.67 bits per heavy atom. The summed E-state index contributed by atoms with van der Waals surface area (Å²) >= 11 is 0. The summed E-state index contributed by atoms with van der Waals surface area (Å²) in [7, 11) is 2.17. The van der Waals surface area contributed by atoms with Crippen molar-refractivity contribution in [2.75, 3.05) is 25.9 Å². The number of nitrogens with zero attached hydrogens (tertiary/aromatic N) is 4. The molecule has 0 bridgehead atoms. The molecule has 172 valence electrons. The van der Waals surface area contributed by atoms with Crippen LogP contribution < -0.4 is 10.5 Å². The van der Waals surface area contributed by atoms with Crippen molar-refractivity contribution in [1.82, 2.24) is 19.7 Å². The molecule has 0 unspecified atom stereocenters. The highest BCUT2D eigenvalue weighted by atomic mass is 16.5. The van der Waals surface area contributed by atoms with Crippen molar-refractivity contribution in [2.45, 2.75) is 46.3 Å². The van der Waals surface area contributed by atoms with Crippen LogP contribution in [0, 0.1) is 17.3 Å². The summed E-state index contributed by atoms with van der Waals surface area (Å²) in [6.07, 6.45) is 8.01. The third kappa shape index (κ3) is 6.15. The fraction of sp³-hybridized carbons (Fsp3) is 0.407. The van der Waals surface area contributed by atoms with Gasteiger partial charge in [0.1, 0.15) is 6.61 Å². The molecule has 1 aliphatic heterocycles. The van der Waals surface area contributed by atoms with Crippen molar-refractivity contribution in [3.8, 4) is 28.7 Å². The van der Waals surface area contributed by atoms with Crippen LogP contribution in [0.4, 0.5) is 5.82 Å². The molecule has 2 N–H and O–H groups in total. The summed E-state index contributed by atoms with van der Waals surface area (Å²) in [5.41, 5.74) is 10.1. The van der Waals surface area contributed by atoms with Crippen LogP contribution in [0.3, 0.4) is 0 Å². The van der Waals surface area contributed by atoms with Crippen LogP contribution in [0.15, 0.2) is 48.9 Å². The number of anilines is 1. The molecule has 6 heteroatoms. The molecule has 0 atom stereocenters. The molecule has 1 fully saturated rings. The molecule has 3 aromatic rings. The fourth-order valence-electron chi connectivity index (χ4n) is 3.83. The maximum atomic E-state index is 6.11. The lowest BCUT2D eigenvalue weighted by Crippen LogP contribution is -2.31. The van der Waals surface area contributed by atoms with Crippen LogP contribution in [0.1, 0.15) is 50.8 Å². The fourth-order valence-corrected chi connectivity index (χ4v) is 3.83. The predicted molar refractivity (Wildman–Crippen MR) is 133 cm³/mol. The van der Waals surface area contributed by atoms with E-state index in [-0.39, 0.29) is 5.41 Å². The third-order valence-electron chi connectivity index (χ3n) is 5.78. The minimum Gasteiger partial charge on any atom is -0.485 e. The highest BCUT2D eigenvalue weighted by Crippen LogP contribution is 2.29. The molecule has 1 saturated heterocycles. The Morgan fingerprint density at radius 2 is 1.91 bits per heavy atom. The molecule has 1 aromatic carbocycles. The van der Waals surface area contributed by atoms with Crippen molar-refractivity contribution < 1.29 is 4.74 Å². The monoisotopic (exact) mass is 443 g/mol. The van der Waals surface area contributed by atoms with Crippen molar-refractivity contribution in [2.24, 2.45) is 5.41 Å².